The molecule has 2 heterocycles. The molecule has 2 rings (SSSR count). The molecule has 0 aromatic carbocycles. The van der Waals surface area contributed by atoms with E-state index >= 15 is 0 Å². The highest BCUT2D eigenvalue weighted by Gasteiger charge is 2.17. The summed E-state index contributed by atoms with van der Waals surface area (Å²) in [7, 11) is 0. The van der Waals surface area contributed by atoms with Crippen LogP contribution in [-0.2, 0) is 0 Å². The van der Waals surface area contributed by atoms with Crippen LogP contribution in [-0.4, -0.2) is 24.6 Å². The maximum absolute atomic E-state index is 5.63. The zero-order valence-electron chi connectivity index (χ0n) is 8.95. The Bertz CT molecular complexity index is 354. The Morgan fingerprint density at radius 2 is 2.20 bits per heavy atom. The number of anilines is 1. The Morgan fingerprint density at radius 1 is 1.47 bits per heavy atom. The maximum atomic E-state index is 5.63. The summed E-state index contributed by atoms with van der Waals surface area (Å²) < 4.78 is 0. The number of rotatable bonds is 3. The fraction of sp³-hybridized carbons (Fsp3) is 0.417. The van der Waals surface area contributed by atoms with Crippen LogP contribution in [0.5, 0.6) is 0 Å². The summed E-state index contributed by atoms with van der Waals surface area (Å²) in [6, 6.07) is 3.99. The summed E-state index contributed by atoms with van der Waals surface area (Å²) in [6.07, 6.45) is 4.34. The molecule has 3 heteroatoms. The second-order valence-electron chi connectivity index (χ2n) is 3.88. The van der Waals surface area contributed by atoms with Gasteiger partial charge < -0.3 is 10.6 Å². The van der Waals surface area contributed by atoms with E-state index in [9.17, 15) is 0 Å². The van der Waals surface area contributed by atoms with E-state index in [-0.39, 0.29) is 0 Å². The van der Waals surface area contributed by atoms with E-state index in [1.807, 2.05) is 12.3 Å². The Hall–Kier alpha value is -1.35. The van der Waals surface area contributed by atoms with Crippen molar-refractivity contribution in [2.45, 2.75) is 12.8 Å². The van der Waals surface area contributed by atoms with Gasteiger partial charge in [-0.1, -0.05) is 6.58 Å². The van der Waals surface area contributed by atoms with Crippen molar-refractivity contribution in [2.24, 2.45) is 5.73 Å². The smallest absolute Gasteiger partial charge is 0.136 e. The molecule has 1 aliphatic rings. The summed E-state index contributed by atoms with van der Waals surface area (Å²) in [4.78, 5) is 6.75. The van der Waals surface area contributed by atoms with E-state index in [1.165, 1.54) is 12.8 Å². The second kappa shape index (κ2) is 4.45. The lowest BCUT2D eigenvalue weighted by Crippen LogP contribution is -2.21. The van der Waals surface area contributed by atoms with E-state index < -0.39 is 0 Å². The van der Waals surface area contributed by atoms with Gasteiger partial charge >= 0.3 is 0 Å². The van der Waals surface area contributed by atoms with Crippen molar-refractivity contribution < 1.29 is 0 Å². The van der Waals surface area contributed by atoms with Crippen LogP contribution in [0.2, 0.25) is 0 Å². The van der Waals surface area contributed by atoms with Crippen molar-refractivity contribution in [3.05, 3.63) is 30.5 Å². The van der Waals surface area contributed by atoms with Gasteiger partial charge in [0.15, 0.2) is 0 Å². The molecule has 15 heavy (non-hydrogen) atoms. The van der Waals surface area contributed by atoms with Gasteiger partial charge in [-0.15, -0.1) is 0 Å². The first-order valence-corrected chi connectivity index (χ1v) is 5.41. The molecule has 3 nitrogen and oxygen atoms in total. The summed E-state index contributed by atoms with van der Waals surface area (Å²) in [5.74, 6) is 1.05. The third-order valence-corrected chi connectivity index (χ3v) is 2.82. The second-order valence-corrected chi connectivity index (χ2v) is 3.88. The highest BCUT2D eigenvalue weighted by molar-refractivity contribution is 5.74. The zero-order chi connectivity index (χ0) is 10.7. The SMILES string of the molecule is C=C(CN)c1cccnc1N1CCCC1. The largest absolute Gasteiger partial charge is 0.356 e. The third-order valence-electron chi connectivity index (χ3n) is 2.82. The van der Waals surface area contributed by atoms with Crippen LogP contribution in [0, 0.1) is 0 Å². The third kappa shape index (κ3) is 2.02. The molecular weight excluding hydrogens is 186 g/mol. The lowest BCUT2D eigenvalue weighted by Gasteiger charge is -2.20. The van der Waals surface area contributed by atoms with Gasteiger partial charge in [0.2, 0.25) is 0 Å². The Morgan fingerprint density at radius 3 is 2.87 bits per heavy atom. The number of pyridine rings is 1. The molecule has 0 atom stereocenters. The van der Waals surface area contributed by atoms with Crippen LogP contribution >= 0.6 is 0 Å². The van der Waals surface area contributed by atoms with Gasteiger partial charge in [0.05, 0.1) is 0 Å². The Labute approximate surface area is 90.6 Å². The Kier molecular flexibility index (Phi) is 3.02. The van der Waals surface area contributed by atoms with Gasteiger partial charge in [-0.3, -0.25) is 0 Å². The summed E-state index contributed by atoms with van der Waals surface area (Å²) in [5, 5.41) is 0. The summed E-state index contributed by atoms with van der Waals surface area (Å²) >= 11 is 0. The topological polar surface area (TPSA) is 42.1 Å². The summed E-state index contributed by atoms with van der Waals surface area (Å²) in [6.45, 7) is 6.67. The molecule has 1 aliphatic heterocycles. The lowest BCUT2D eigenvalue weighted by molar-refractivity contribution is 0.933. The molecule has 0 amide bonds. The van der Waals surface area contributed by atoms with Gasteiger partial charge in [0.25, 0.3) is 0 Å². The van der Waals surface area contributed by atoms with Gasteiger partial charge in [-0.25, -0.2) is 4.98 Å². The molecular formula is C12H17N3. The van der Waals surface area contributed by atoms with Crippen LogP contribution < -0.4 is 10.6 Å². The first kappa shape index (κ1) is 10.2. The van der Waals surface area contributed by atoms with E-state index in [0.717, 1.165) is 30.0 Å². The molecule has 0 unspecified atom stereocenters. The normalized spacial score (nSPS) is 15.7. The monoisotopic (exact) mass is 203 g/mol. The van der Waals surface area contributed by atoms with Gasteiger partial charge in [0, 0.05) is 31.4 Å². The van der Waals surface area contributed by atoms with E-state index in [4.69, 9.17) is 5.73 Å². The number of hydrogen-bond donors (Lipinski definition) is 1. The minimum atomic E-state index is 0.493. The zero-order valence-corrected chi connectivity index (χ0v) is 8.95. The van der Waals surface area contributed by atoms with Crippen molar-refractivity contribution in [1.82, 2.24) is 4.98 Å². The number of aromatic nitrogens is 1. The van der Waals surface area contributed by atoms with Crippen LogP contribution in [0.3, 0.4) is 0 Å². The average molecular weight is 203 g/mol. The van der Waals surface area contributed by atoms with Gasteiger partial charge in [-0.05, 0) is 30.5 Å². The van der Waals surface area contributed by atoms with Crippen molar-refractivity contribution >= 4 is 11.4 Å². The molecule has 0 aliphatic carbocycles. The average Bonchev–Trinajstić information content (AvgIpc) is 2.81. The van der Waals surface area contributed by atoms with Crippen LogP contribution in [0.15, 0.2) is 24.9 Å². The van der Waals surface area contributed by atoms with Crippen LogP contribution in [0.4, 0.5) is 5.82 Å². The fourth-order valence-corrected chi connectivity index (χ4v) is 1.96. The first-order valence-electron chi connectivity index (χ1n) is 5.41. The van der Waals surface area contributed by atoms with Gasteiger partial charge in [0.1, 0.15) is 5.82 Å². The quantitative estimate of drug-likeness (QED) is 0.812. The predicted octanol–water partition coefficient (Wildman–Crippen LogP) is 1.65. The molecule has 0 spiro atoms. The van der Waals surface area contributed by atoms with Crippen molar-refractivity contribution in [3.63, 3.8) is 0 Å². The molecule has 0 bridgehead atoms. The van der Waals surface area contributed by atoms with Crippen LogP contribution in [0.1, 0.15) is 18.4 Å². The maximum Gasteiger partial charge on any atom is 0.136 e. The minimum absolute atomic E-state index is 0.493. The van der Waals surface area contributed by atoms with Crippen molar-refractivity contribution in [1.29, 1.82) is 0 Å². The van der Waals surface area contributed by atoms with E-state index in [0.29, 0.717) is 6.54 Å². The molecule has 0 radical (unpaired) electrons. The highest BCUT2D eigenvalue weighted by atomic mass is 15.2. The molecule has 1 fully saturated rings. The van der Waals surface area contributed by atoms with E-state index in [2.05, 4.69) is 22.5 Å². The molecule has 2 N–H and O–H groups in total. The lowest BCUT2D eigenvalue weighted by atomic mass is 10.1. The molecule has 80 valence electrons. The summed E-state index contributed by atoms with van der Waals surface area (Å²) in [5.41, 5.74) is 7.69. The number of nitrogens with two attached hydrogens (primary N) is 1. The molecule has 1 saturated heterocycles. The van der Waals surface area contributed by atoms with Gasteiger partial charge in [-0.2, -0.15) is 0 Å². The predicted molar refractivity (Wildman–Crippen MR) is 63.8 cm³/mol. The molecule has 1 aromatic rings. The van der Waals surface area contributed by atoms with Crippen LogP contribution in [0.25, 0.3) is 5.57 Å². The minimum Gasteiger partial charge on any atom is -0.356 e. The fourth-order valence-electron chi connectivity index (χ4n) is 1.96. The first-order chi connectivity index (χ1) is 7.33. The standard InChI is InChI=1S/C12H17N3/c1-10(9-13)11-5-4-6-14-12(11)15-7-2-3-8-15/h4-6H,1-3,7-9,13H2. The Balaban J connectivity index is 2.32. The number of hydrogen-bond acceptors (Lipinski definition) is 3. The van der Waals surface area contributed by atoms with E-state index in [1.54, 1.807) is 0 Å². The van der Waals surface area contributed by atoms with Crippen molar-refractivity contribution in [2.75, 3.05) is 24.5 Å². The molecule has 0 saturated carbocycles. The highest BCUT2D eigenvalue weighted by Crippen LogP contribution is 2.25. The number of nitrogens with zero attached hydrogens (tertiary/aromatic N) is 2. The van der Waals surface area contributed by atoms with Crippen molar-refractivity contribution in [3.8, 4) is 0 Å². The molecule has 1 aromatic heterocycles.